The van der Waals surface area contributed by atoms with Gasteiger partial charge in [0.2, 0.25) is 5.91 Å². The zero-order valence-corrected chi connectivity index (χ0v) is 25.6. The molecule has 1 unspecified atom stereocenters. The molecule has 5 fully saturated rings. The van der Waals surface area contributed by atoms with Crippen LogP contribution >= 0.6 is 0 Å². The maximum atomic E-state index is 14.3. The van der Waals surface area contributed by atoms with Gasteiger partial charge in [-0.25, -0.2) is 0 Å². The van der Waals surface area contributed by atoms with Crippen LogP contribution in [0.5, 0.6) is 0 Å². The molecule has 5 nitrogen and oxygen atoms in total. The van der Waals surface area contributed by atoms with Crippen molar-refractivity contribution in [2.45, 2.75) is 119 Å². The van der Waals surface area contributed by atoms with E-state index in [1.165, 1.54) is 12.8 Å². The van der Waals surface area contributed by atoms with Crippen molar-refractivity contribution < 1.29 is 19.8 Å². The molecule has 8 atom stereocenters. The number of nitrogens with zero attached hydrogens (tertiary/aromatic N) is 1. The molecule has 1 amide bonds. The molecule has 0 radical (unpaired) electrons. The lowest BCUT2D eigenvalue weighted by atomic mass is 9.33. The van der Waals surface area contributed by atoms with Gasteiger partial charge in [-0.2, -0.15) is 0 Å². The van der Waals surface area contributed by atoms with Crippen LogP contribution in [0.1, 0.15) is 113 Å². The fourth-order valence-corrected chi connectivity index (χ4v) is 11.7. The van der Waals surface area contributed by atoms with Crippen molar-refractivity contribution in [2.75, 3.05) is 13.1 Å². The van der Waals surface area contributed by atoms with Gasteiger partial charge in [-0.3, -0.25) is 9.59 Å². The van der Waals surface area contributed by atoms with Gasteiger partial charge in [-0.1, -0.05) is 60.1 Å². The van der Waals surface area contributed by atoms with Crippen molar-refractivity contribution in [1.29, 1.82) is 0 Å². The fraction of sp³-hybridized carbons (Fsp3) is 0.882. The first kappa shape index (κ1) is 27.8. The number of aliphatic hydroxyl groups excluding tert-OH is 1. The van der Waals surface area contributed by atoms with Crippen LogP contribution in [0.2, 0.25) is 0 Å². The van der Waals surface area contributed by atoms with Crippen LogP contribution in [-0.2, 0) is 9.59 Å². The topological polar surface area (TPSA) is 77.8 Å². The molecular weight excluding hydrogens is 486 g/mol. The van der Waals surface area contributed by atoms with E-state index in [1.54, 1.807) is 5.57 Å². The molecule has 6 aliphatic rings. The van der Waals surface area contributed by atoms with E-state index in [2.05, 4.69) is 54.5 Å². The van der Waals surface area contributed by atoms with Gasteiger partial charge in [0.15, 0.2) is 0 Å². The SMILES string of the molecule is CC1(C)CC[C@]2(C(=O)N3CC(C(=O)O)C3)CC[C@]3(C)C(=CC[C@@H]4[C@@]5(C)CCC(O)C(C)(C)[C@@H]5CC[C@]43C)[C@@H]2C1. The Morgan fingerprint density at radius 2 is 1.54 bits per heavy atom. The Balaban J connectivity index is 1.38. The van der Waals surface area contributed by atoms with Crippen molar-refractivity contribution in [3.05, 3.63) is 11.6 Å². The number of carbonyl (C=O) groups excluding carboxylic acids is 1. The summed E-state index contributed by atoms with van der Waals surface area (Å²) in [5.41, 5.74) is 1.84. The third kappa shape index (κ3) is 3.53. The van der Waals surface area contributed by atoms with Gasteiger partial charge in [-0.15, -0.1) is 0 Å². The normalized spacial score (nSPS) is 48.4. The first-order valence-corrected chi connectivity index (χ1v) is 15.9. The Hall–Kier alpha value is -1.36. The largest absolute Gasteiger partial charge is 0.481 e. The molecule has 5 heteroatoms. The number of carboxylic acids is 1. The van der Waals surface area contributed by atoms with Crippen LogP contribution in [0.3, 0.4) is 0 Å². The number of hydrogen-bond donors (Lipinski definition) is 2. The molecule has 1 aliphatic heterocycles. The van der Waals surface area contributed by atoms with Crippen molar-refractivity contribution in [1.82, 2.24) is 4.90 Å². The number of carboxylic acid groups (broad SMARTS) is 1. The predicted molar refractivity (Wildman–Crippen MR) is 153 cm³/mol. The number of amides is 1. The van der Waals surface area contributed by atoms with Gasteiger partial charge in [0.1, 0.15) is 0 Å². The summed E-state index contributed by atoms with van der Waals surface area (Å²) in [4.78, 5) is 27.7. The van der Waals surface area contributed by atoms with Crippen LogP contribution in [0, 0.1) is 56.2 Å². The number of hydrogen-bond acceptors (Lipinski definition) is 3. The minimum Gasteiger partial charge on any atom is -0.481 e. The van der Waals surface area contributed by atoms with Crippen LogP contribution in [-0.4, -0.2) is 46.2 Å². The average molecular weight is 540 g/mol. The number of aliphatic hydroxyl groups is 1. The molecule has 1 saturated heterocycles. The van der Waals surface area contributed by atoms with E-state index in [1.807, 2.05) is 4.90 Å². The van der Waals surface area contributed by atoms with Crippen LogP contribution in [0.15, 0.2) is 11.6 Å². The molecule has 0 aromatic carbocycles. The summed E-state index contributed by atoms with van der Waals surface area (Å²) in [6.45, 7) is 17.8. The number of fused-ring (bicyclic) bond motifs is 7. The van der Waals surface area contributed by atoms with E-state index in [9.17, 15) is 19.8 Å². The Labute approximate surface area is 236 Å². The second kappa shape index (κ2) is 8.35. The van der Waals surface area contributed by atoms with Gasteiger partial charge in [0, 0.05) is 13.1 Å². The van der Waals surface area contributed by atoms with Crippen LogP contribution in [0.4, 0.5) is 0 Å². The second-order valence-electron chi connectivity index (χ2n) is 17.0. The average Bonchev–Trinajstić information content (AvgIpc) is 2.80. The molecule has 4 saturated carbocycles. The number of aliphatic carboxylic acids is 1. The summed E-state index contributed by atoms with van der Waals surface area (Å²) in [6, 6.07) is 0. The summed E-state index contributed by atoms with van der Waals surface area (Å²) in [6.07, 6.45) is 12.9. The van der Waals surface area contributed by atoms with Gasteiger partial charge in [0.05, 0.1) is 17.4 Å². The maximum absolute atomic E-state index is 14.3. The molecule has 0 aromatic rings. The first-order chi connectivity index (χ1) is 18.0. The molecule has 218 valence electrons. The highest BCUT2D eigenvalue weighted by Gasteiger charge is 2.69. The standard InChI is InChI=1S/C34H53NO4/c1-29(2)14-16-34(28(39)35-19-21(20-35)27(37)38)17-15-32(6)22(23(34)18-29)8-9-25-31(5)12-11-26(36)30(3,4)24(31)10-13-33(25,32)7/h8,21,23-26,36H,9-20H2,1-7H3,(H,37,38)/t23-,24-,25+,26?,31-,32+,33+,34-/m0/s1. The smallest absolute Gasteiger partial charge is 0.310 e. The van der Waals surface area contributed by atoms with E-state index >= 15 is 0 Å². The third-order valence-electron chi connectivity index (χ3n) is 14.6. The minimum absolute atomic E-state index is 0.0498. The van der Waals surface area contributed by atoms with Crippen molar-refractivity contribution in [3.63, 3.8) is 0 Å². The lowest BCUT2D eigenvalue weighted by Crippen LogP contribution is -2.66. The quantitative estimate of drug-likeness (QED) is 0.383. The Bertz CT molecular complexity index is 1100. The van der Waals surface area contributed by atoms with Gasteiger partial charge < -0.3 is 15.1 Å². The van der Waals surface area contributed by atoms with Gasteiger partial charge in [0.25, 0.3) is 0 Å². The lowest BCUT2D eigenvalue weighted by Gasteiger charge is -2.71. The first-order valence-electron chi connectivity index (χ1n) is 15.9. The van der Waals surface area contributed by atoms with E-state index in [4.69, 9.17) is 0 Å². The van der Waals surface area contributed by atoms with E-state index in [-0.39, 0.29) is 50.4 Å². The van der Waals surface area contributed by atoms with Gasteiger partial charge >= 0.3 is 5.97 Å². The van der Waals surface area contributed by atoms with Gasteiger partial charge in [-0.05, 0) is 109 Å². The summed E-state index contributed by atoms with van der Waals surface area (Å²) in [5, 5.41) is 20.4. The van der Waals surface area contributed by atoms with Crippen molar-refractivity contribution in [2.24, 2.45) is 56.2 Å². The van der Waals surface area contributed by atoms with Crippen LogP contribution < -0.4 is 0 Å². The fourth-order valence-electron chi connectivity index (χ4n) is 11.7. The Morgan fingerprint density at radius 1 is 0.872 bits per heavy atom. The van der Waals surface area contributed by atoms with Crippen molar-refractivity contribution in [3.8, 4) is 0 Å². The monoisotopic (exact) mass is 539 g/mol. The molecule has 5 aliphatic carbocycles. The molecular formula is C34H53NO4. The highest BCUT2D eigenvalue weighted by Crippen LogP contribution is 2.75. The highest BCUT2D eigenvalue weighted by molar-refractivity contribution is 5.87. The number of rotatable bonds is 2. The molecule has 39 heavy (non-hydrogen) atoms. The number of carbonyl (C=O) groups is 2. The van der Waals surface area contributed by atoms with E-state index < -0.39 is 11.9 Å². The summed E-state index contributed by atoms with van der Waals surface area (Å²) >= 11 is 0. The predicted octanol–water partition coefficient (Wildman–Crippen LogP) is 6.69. The Kier molecular flexibility index (Phi) is 5.95. The maximum Gasteiger partial charge on any atom is 0.310 e. The zero-order valence-electron chi connectivity index (χ0n) is 25.6. The number of allylic oxidation sites excluding steroid dienone is 2. The van der Waals surface area contributed by atoms with E-state index in [0.29, 0.717) is 24.9 Å². The molecule has 1 heterocycles. The summed E-state index contributed by atoms with van der Waals surface area (Å²) < 4.78 is 0. The highest BCUT2D eigenvalue weighted by atomic mass is 16.4. The molecule has 0 spiro atoms. The molecule has 0 bridgehead atoms. The summed E-state index contributed by atoms with van der Waals surface area (Å²) in [5.74, 6) is 0.456. The second-order valence-corrected chi connectivity index (χ2v) is 17.0. The zero-order chi connectivity index (χ0) is 28.4. The summed E-state index contributed by atoms with van der Waals surface area (Å²) in [7, 11) is 0. The van der Waals surface area contributed by atoms with Crippen LogP contribution in [0.25, 0.3) is 0 Å². The molecule has 2 N–H and O–H groups in total. The third-order valence-corrected chi connectivity index (χ3v) is 14.6. The Morgan fingerprint density at radius 3 is 2.21 bits per heavy atom. The minimum atomic E-state index is -0.773. The van der Waals surface area contributed by atoms with Crippen molar-refractivity contribution >= 4 is 11.9 Å². The number of likely N-dealkylation sites (tertiary alicyclic amines) is 1. The van der Waals surface area contributed by atoms with E-state index in [0.717, 1.165) is 51.4 Å². The molecule has 0 aromatic heterocycles. The molecule has 6 rings (SSSR count). The lowest BCUT2D eigenvalue weighted by molar-refractivity contribution is -0.205.